The number of hydrogen-bond donors (Lipinski definition) is 0. The van der Waals surface area contributed by atoms with Crippen LogP contribution in [0.25, 0.3) is 0 Å². The zero-order valence-electron chi connectivity index (χ0n) is 54.3. The maximum Gasteiger partial charge on any atom is 0.309 e. The van der Waals surface area contributed by atoms with Crippen LogP contribution in [0.15, 0.2) is 60.8 Å². The number of unbranched alkanes of at least 4 members (excludes halogenated alkanes) is 46. The van der Waals surface area contributed by atoms with Gasteiger partial charge in [0.1, 0.15) is 13.2 Å². The molecule has 0 spiro atoms. The second-order valence-electron chi connectivity index (χ2n) is 24.2. The van der Waals surface area contributed by atoms with Gasteiger partial charge in [-0.2, -0.15) is 0 Å². The van der Waals surface area contributed by atoms with Crippen molar-refractivity contribution in [1.82, 2.24) is 0 Å². The smallest absolute Gasteiger partial charge is 0.309 e. The summed E-state index contributed by atoms with van der Waals surface area (Å²) in [7, 11) is 0. The van der Waals surface area contributed by atoms with Crippen LogP contribution < -0.4 is 0 Å². The van der Waals surface area contributed by atoms with Crippen molar-refractivity contribution in [3.05, 3.63) is 60.8 Å². The van der Waals surface area contributed by atoms with E-state index in [0.29, 0.717) is 12.8 Å². The molecule has 0 aliphatic carbocycles. The van der Waals surface area contributed by atoms with Crippen molar-refractivity contribution in [3.8, 4) is 0 Å². The molecule has 0 fully saturated rings. The molecule has 0 rings (SSSR count). The molecule has 1 unspecified atom stereocenters. The largest absolute Gasteiger partial charge is 0.462 e. The molecule has 0 radical (unpaired) electrons. The molecule has 0 bridgehead atoms. The molecule has 0 N–H and O–H groups in total. The molecular weight excluding hydrogens is 997 g/mol. The molecule has 0 saturated carbocycles. The van der Waals surface area contributed by atoms with Crippen molar-refractivity contribution >= 4 is 17.9 Å². The van der Waals surface area contributed by atoms with Crippen molar-refractivity contribution in [1.29, 1.82) is 0 Å². The normalized spacial score (nSPS) is 12.4. The van der Waals surface area contributed by atoms with Crippen LogP contribution in [-0.4, -0.2) is 37.2 Å². The topological polar surface area (TPSA) is 78.9 Å². The SMILES string of the molecule is CC/C=C\C/C=C\C/C=C\C/C=C\C/C=C\CC(=O)OCC(COC(=O)CCCCCCCCCCCCCCCCCCCCCCCCCCCCCCCCCC)OC(=O)CCCCCCCCCCCCCCCCCC. The standard InChI is InChI=1S/C75H136O6/c1-4-7-10-13-16-19-22-25-28-30-31-32-33-34-35-36-37-38-39-40-41-42-43-44-45-48-50-53-56-59-62-65-68-74(77)80-71-72(70-79-73(76)67-64-61-58-55-52-49-46-27-24-21-18-15-12-9-6-3)81-75(78)69-66-63-60-57-54-51-47-29-26-23-20-17-14-11-8-5-2/h9,12,18,21,27,46,52,55,61,64,72H,4-8,10-11,13-17,19-20,22-26,28-45,47-51,53-54,56-60,62-63,65-71H2,1-3H3/b12-9-,21-18-,46-27-,55-52-,64-61-. The van der Waals surface area contributed by atoms with Gasteiger partial charge in [0.2, 0.25) is 0 Å². The Morgan fingerprint density at radius 2 is 0.481 bits per heavy atom. The molecular formula is C75H136O6. The number of carbonyl (C=O) groups excluding carboxylic acids is 3. The van der Waals surface area contributed by atoms with Gasteiger partial charge < -0.3 is 14.2 Å². The molecule has 0 heterocycles. The maximum absolute atomic E-state index is 12.9. The van der Waals surface area contributed by atoms with E-state index in [4.69, 9.17) is 14.2 Å². The van der Waals surface area contributed by atoms with Gasteiger partial charge in [-0.05, 0) is 44.9 Å². The Hall–Kier alpha value is -2.89. The lowest BCUT2D eigenvalue weighted by molar-refractivity contribution is -0.166. The zero-order valence-corrected chi connectivity index (χ0v) is 54.3. The van der Waals surface area contributed by atoms with Crippen LogP contribution in [-0.2, 0) is 28.6 Å². The molecule has 0 aromatic rings. The van der Waals surface area contributed by atoms with E-state index < -0.39 is 12.1 Å². The second kappa shape index (κ2) is 69.6. The summed E-state index contributed by atoms with van der Waals surface area (Å²) in [6.45, 7) is 6.50. The highest BCUT2D eigenvalue weighted by atomic mass is 16.6. The molecule has 472 valence electrons. The van der Waals surface area contributed by atoms with Crippen molar-refractivity contribution in [2.45, 2.75) is 386 Å². The first-order valence-corrected chi connectivity index (χ1v) is 35.8. The Kier molecular flexibility index (Phi) is 67.1. The summed E-state index contributed by atoms with van der Waals surface area (Å²) in [6, 6.07) is 0. The van der Waals surface area contributed by atoms with Gasteiger partial charge in [-0.3, -0.25) is 14.4 Å². The van der Waals surface area contributed by atoms with Crippen molar-refractivity contribution in [2.24, 2.45) is 0 Å². The summed E-state index contributed by atoms with van der Waals surface area (Å²) in [5, 5.41) is 0. The minimum Gasteiger partial charge on any atom is -0.462 e. The minimum absolute atomic E-state index is 0.0991. The number of hydrogen-bond acceptors (Lipinski definition) is 6. The van der Waals surface area contributed by atoms with E-state index in [1.54, 1.807) is 0 Å². The van der Waals surface area contributed by atoms with Gasteiger partial charge in [0, 0.05) is 12.8 Å². The summed E-state index contributed by atoms with van der Waals surface area (Å²) in [6.07, 6.45) is 90.2. The van der Waals surface area contributed by atoms with E-state index in [1.807, 2.05) is 12.2 Å². The molecule has 6 heteroatoms. The monoisotopic (exact) mass is 1130 g/mol. The molecule has 0 saturated heterocycles. The van der Waals surface area contributed by atoms with Crippen LogP contribution in [0.1, 0.15) is 380 Å². The zero-order chi connectivity index (χ0) is 58.5. The molecule has 0 aromatic heterocycles. The quantitative estimate of drug-likeness (QED) is 0.0261. The predicted octanol–water partition coefficient (Wildman–Crippen LogP) is 24.7. The van der Waals surface area contributed by atoms with E-state index >= 15 is 0 Å². The molecule has 6 nitrogen and oxygen atoms in total. The fourth-order valence-electron chi connectivity index (χ4n) is 10.8. The lowest BCUT2D eigenvalue weighted by Crippen LogP contribution is -2.30. The maximum atomic E-state index is 12.9. The van der Waals surface area contributed by atoms with Gasteiger partial charge in [0.05, 0.1) is 6.42 Å². The van der Waals surface area contributed by atoms with Crippen LogP contribution in [0.4, 0.5) is 0 Å². The van der Waals surface area contributed by atoms with E-state index in [1.165, 1.54) is 270 Å². The van der Waals surface area contributed by atoms with Gasteiger partial charge in [-0.1, -0.05) is 377 Å². The predicted molar refractivity (Wildman–Crippen MR) is 353 cm³/mol. The van der Waals surface area contributed by atoms with Crippen LogP contribution in [0, 0.1) is 0 Å². The average Bonchev–Trinajstić information content (AvgIpc) is 3.47. The lowest BCUT2D eigenvalue weighted by Gasteiger charge is -2.18. The molecule has 0 aliphatic heterocycles. The van der Waals surface area contributed by atoms with E-state index in [2.05, 4.69) is 69.4 Å². The summed E-state index contributed by atoms with van der Waals surface area (Å²) in [4.78, 5) is 38.3. The third-order valence-corrected chi connectivity index (χ3v) is 16.1. The van der Waals surface area contributed by atoms with Crippen LogP contribution >= 0.6 is 0 Å². The van der Waals surface area contributed by atoms with Crippen molar-refractivity contribution < 1.29 is 28.6 Å². The first-order valence-electron chi connectivity index (χ1n) is 35.8. The van der Waals surface area contributed by atoms with Crippen LogP contribution in [0.2, 0.25) is 0 Å². The van der Waals surface area contributed by atoms with Gasteiger partial charge in [0.25, 0.3) is 0 Å². The highest BCUT2D eigenvalue weighted by Crippen LogP contribution is 2.19. The highest BCUT2D eigenvalue weighted by molar-refractivity contribution is 5.72. The third-order valence-electron chi connectivity index (χ3n) is 16.1. The van der Waals surface area contributed by atoms with Crippen molar-refractivity contribution in [3.63, 3.8) is 0 Å². The van der Waals surface area contributed by atoms with Gasteiger partial charge in [0.15, 0.2) is 6.10 Å². The second-order valence-corrected chi connectivity index (χ2v) is 24.2. The van der Waals surface area contributed by atoms with Crippen molar-refractivity contribution in [2.75, 3.05) is 13.2 Å². The third kappa shape index (κ3) is 67.8. The molecule has 1 atom stereocenters. The van der Waals surface area contributed by atoms with Gasteiger partial charge >= 0.3 is 17.9 Å². The Balaban J connectivity index is 4.18. The first-order chi connectivity index (χ1) is 40.0. The van der Waals surface area contributed by atoms with Gasteiger partial charge in [-0.25, -0.2) is 0 Å². The fourth-order valence-corrected chi connectivity index (χ4v) is 10.8. The highest BCUT2D eigenvalue weighted by Gasteiger charge is 2.19. The van der Waals surface area contributed by atoms with Crippen LogP contribution in [0.5, 0.6) is 0 Å². The van der Waals surface area contributed by atoms with E-state index in [9.17, 15) is 14.4 Å². The molecule has 0 aromatic carbocycles. The number of esters is 3. The van der Waals surface area contributed by atoms with E-state index in [0.717, 1.165) is 70.6 Å². The van der Waals surface area contributed by atoms with Crippen LogP contribution in [0.3, 0.4) is 0 Å². The minimum atomic E-state index is -0.812. The number of allylic oxidation sites excluding steroid dienone is 9. The van der Waals surface area contributed by atoms with E-state index in [-0.39, 0.29) is 31.6 Å². The molecule has 0 aliphatic rings. The summed E-state index contributed by atoms with van der Waals surface area (Å²) in [5.74, 6) is -1.01. The van der Waals surface area contributed by atoms with Gasteiger partial charge in [-0.15, -0.1) is 0 Å². The Morgan fingerprint density at radius 1 is 0.259 bits per heavy atom. The lowest BCUT2D eigenvalue weighted by atomic mass is 10.0. The molecule has 81 heavy (non-hydrogen) atoms. The Bertz CT molecular complexity index is 1440. The summed E-state index contributed by atoms with van der Waals surface area (Å²) in [5.41, 5.74) is 0. The molecule has 0 amide bonds. The average molecular weight is 1130 g/mol. The first kappa shape index (κ1) is 78.1. The number of ether oxygens (including phenoxy) is 3. The summed E-state index contributed by atoms with van der Waals surface area (Å²) < 4.78 is 16.9. The summed E-state index contributed by atoms with van der Waals surface area (Å²) >= 11 is 0. The fraction of sp³-hybridized carbons (Fsp3) is 0.827. The Labute approximate surface area is 504 Å². The number of rotatable bonds is 66. The number of carbonyl (C=O) groups is 3. The Morgan fingerprint density at radius 3 is 0.753 bits per heavy atom.